The lowest BCUT2D eigenvalue weighted by atomic mass is 9.86. The predicted molar refractivity (Wildman–Crippen MR) is 126 cm³/mol. The molecule has 1 aliphatic heterocycles. The number of methoxy groups -OCH3 is 1. The first kappa shape index (κ1) is 20.6. The minimum atomic E-state index is -0.454. The van der Waals surface area contributed by atoms with Gasteiger partial charge in [0.2, 0.25) is 0 Å². The van der Waals surface area contributed by atoms with Crippen molar-refractivity contribution < 1.29 is 9.53 Å². The molecule has 2 aromatic carbocycles. The molecular formula is C26H24N2O3S. The summed E-state index contributed by atoms with van der Waals surface area (Å²) in [5.41, 5.74) is 4.50. The molecule has 0 saturated heterocycles. The molecule has 0 bridgehead atoms. The van der Waals surface area contributed by atoms with Crippen LogP contribution in [0.25, 0.3) is 6.08 Å². The van der Waals surface area contributed by atoms with E-state index in [4.69, 9.17) is 9.73 Å². The number of benzene rings is 2. The van der Waals surface area contributed by atoms with Crippen LogP contribution in [0, 0.1) is 0 Å². The van der Waals surface area contributed by atoms with Gasteiger partial charge in [-0.1, -0.05) is 54.7 Å². The molecule has 5 nitrogen and oxygen atoms in total. The molecule has 0 amide bonds. The van der Waals surface area contributed by atoms with Gasteiger partial charge < -0.3 is 4.74 Å². The molecule has 2 heterocycles. The van der Waals surface area contributed by atoms with Gasteiger partial charge in [-0.25, -0.2) is 4.99 Å². The summed E-state index contributed by atoms with van der Waals surface area (Å²) in [4.78, 5) is 31.9. The maximum atomic E-state index is 13.6. The molecule has 32 heavy (non-hydrogen) atoms. The van der Waals surface area contributed by atoms with E-state index in [0.717, 1.165) is 41.8 Å². The van der Waals surface area contributed by atoms with E-state index in [2.05, 4.69) is 19.1 Å². The van der Waals surface area contributed by atoms with Crippen LogP contribution in [0.1, 0.15) is 48.9 Å². The molecule has 5 rings (SSSR count). The number of allylic oxidation sites excluding steroid dienone is 2. The number of carbonyl (C=O) groups excluding carboxylic acids is 1. The van der Waals surface area contributed by atoms with Gasteiger partial charge in [-0.2, -0.15) is 0 Å². The highest BCUT2D eigenvalue weighted by Gasteiger charge is 2.34. The Morgan fingerprint density at radius 2 is 1.84 bits per heavy atom. The number of aryl methyl sites for hydroxylation is 1. The van der Waals surface area contributed by atoms with E-state index in [-0.39, 0.29) is 11.3 Å². The van der Waals surface area contributed by atoms with E-state index in [9.17, 15) is 9.59 Å². The van der Waals surface area contributed by atoms with Crippen molar-refractivity contribution in [3.63, 3.8) is 0 Å². The molecule has 3 aromatic rings. The fourth-order valence-corrected chi connectivity index (χ4v) is 5.43. The van der Waals surface area contributed by atoms with Crippen LogP contribution in [0.3, 0.4) is 0 Å². The molecule has 6 heteroatoms. The summed E-state index contributed by atoms with van der Waals surface area (Å²) >= 11 is 1.39. The van der Waals surface area contributed by atoms with Crippen molar-refractivity contribution >= 4 is 23.2 Å². The summed E-state index contributed by atoms with van der Waals surface area (Å²) < 4.78 is 7.61. The molecule has 1 aliphatic carbocycles. The second-order valence-corrected chi connectivity index (χ2v) is 9.10. The zero-order valence-corrected chi connectivity index (χ0v) is 18.9. The molecular weight excluding hydrogens is 420 g/mol. The minimum absolute atomic E-state index is 0.0836. The van der Waals surface area contributed by atoms with Gasteiger partial charge in [-0.05, 0) is 54.2 Å². The monoisotopic (exact) mass is 444 g/mol. The maximum absolute atomic E-state index is 13.6. The lowest BCUT2D eigenvalue weighted by Gasteiger charge is -2.28. The predicted octanol–water partition coefficient (Wildman–Crippen LogP) is 3.54. The number of nitrogens with zero attached hydrogens (tertiary/aromatic N) is 2. The summed E-state index contributed by atoms with van der Waals surface area (Å²) in [7, 11) is 1.62. The van der Waals surface area contributed by atoms with Crippen LogP contribution < -0.4 is 19.6 Å². The fraction of sp³-hybridized carbons (Fsp3) is 0.269. The lowest BCUT2D eigenvalue weighted by molar-refractivity contribution is -0.116. The number of thiazole rings is 1. The topological polar surface area (TPSA) is 60.7 Å². The highest BCUT2D eigenvalue weighted by Crippen LogP contribution is 2.36. The molecule has 2 aliphatic rings. The van der Waals surface area contributed by atoms with Crippen LogP contribution in [0.5, 0.6) is 5.75 Å². The van der Waals surface area contributed by atoms with Crippen LogP contribution in [0.15, 0.2) is 69.6 Å². The van der Waals surface area contributed by atoms with E-state index >= 15 is 0 Å². The Hall–Kier alpha value is -3.25. The average molecular weight is 445 g/mol. The lowest BCUT2D eigenvalue weighted by Crippen LogP contribution is -2.40. The molecule has 1 unspecified atom stereocenters. The van der Waals surface area contributed by atoms with Gasteiger partial charge >= 0.3 is 0 Å². The Morgan fingerprint density at radius 3 is 2.53 bits per heavy atom. The molecule has 0 radical (unpaired) electrons. The van der Waals surface area contributed by atoms with Gasteiger partial charge in [0, 0.05) is 12.0 Å². The van der Waals surface area contributed by atoms with Crippen molar-refractivity contribution in [2.24, 2.45) is 4.99 Å². The first-order chi connectivity index (χ1) is 15.6. The highest BCUT2D eigenvalue weighted by atomic mass is 32.1. The minimum Gasteiger partial charge on any atom is -0.497 e. The van der Waals surface area contributed by atoms with Gasteiger partial charge in [0.05, 0.1) is 23.4 Å². The van der Waals surface area contributed by atoms with Crippen molar-refractivity contribution in [2.75, 3.05) is 7.11 Å². The average Bonchev–Trinajstić information content (AvgIpc) is 3.13. The Morgan fingerprint density at radius 1 is 1.09 bits per heavy atom. The molecule has 0 fully saturated rings. The molecule has 0 saturated carbocycles. The second kappa shape index (κ2) is 8.36. The summed E-state index contributed by atoms with van der Waals surface area (Å²) in [5.74, 6) is 0.820. The summed E-state index contributed by atoms with van der Waals surface area (Å²) in [5, 5.41) is 0. The number of hydrogen-bond acceptors (Lipinski definition) is 5. The Balaban J connectivity index is 1.70. The molecule has 162 valence electrons. The SMILES string of the molecule is CCc1ccc(C=c2sc3n(c2=O)C(c2ccc(OC)cc2)C2=C(CCCC2=O)N=3)cc1. The van der Waals surface area contributed by atoms with E-state index in [1.165, 1.54) is 16.9 Å². The van der Waals surface area contributed by atoms with Gasteiger partial charge in [0.25, 0.3) is 5.56 Å². The van der Waals surface area contributed by atoms with Crippen molar-refractivity contribution in [3.05, 3.63) is 96.2 Å². The zero-order chi connectivity index (χ0) is 22.2. The third-order valence-electron chi connectivity index (χ3n) is 6.15. The number of rotatable bonds is 4. The Labute approximate surface area is 190 Å². The Bertz CT molecular complexity index is 1390. The molecule has 1 aromatic heterocycles. The fourth-order valence-electron chi connectivity index (χ4n) is 4.41. The number of aromatic nitrogens is 1. The standard InChI is InChI=1S/C26H24N2O3S/c1-3-16-7-9-17(10-8-16)15-22-25(30)28-24(18-11-13-19(31-2)14-12-18)23-20(27-26(28)32-22)5-4-6-21(23)29/h7-15,24H,3-6H2,1-2H3. The number of carbonyl (C=O) groups is 1. The van der Waals surface area contributed by atoms with Gasteiger partial charge in [0.1, 0.15) is 5.75 Å². The first-order valence-electron chi connectivity index (χ1n) is 10.9. The maximum Gasteiger partial charge on any atom is 0.271 e. The summed E-state index contributed by atoms with van der Waals surface area (Å²) in [6.45, 7) is 2.12. The number of hydrogen-bond donors (Lipinski definition) is 0. The van der Waals surface area contributed by atoms with E-state index in [1.807, 2.05) is 42.5 Å². The number of Topliss-reactive ketones (excluding diaryl/α,β-unsaturated/α-hetero) is 1. The molecule has 0 N–H and O–H groups in total. The van der Waals surface area contributed by atoms with E-state index < -0.39 is 6.04 Å². The quantitative estimate of drug-likeness (QED) is 0.619. The summed E-state index contributed by atoms with van der Waals surface area (Å²) in [6.07, 6.45) is 4.95. The van der Waals surface area contributed by atoms with E-state index in [0.29, 0.717) is 21.3 Å². The van der Waals surface area contributed by atoms with Crippen molar-refractivity contribution in [1.82, 2.24) is 4.57 Å². The second-order valence-electron chi connectivity index (χ2n) is 8.09. The highest BCUT2D eigenvalue weighted by molar-refractivity contribution is 7.07. The van der Waals surface area contributed by atoms with Crippen molar-refractivity contribution in [2.45, 2.75) is 38.6 Å². The zero-order valence-electron chi connectivity index (χ0n) is 18.1. The van der Waals surface area contributed by atoms with Crippen molar-refractivity contribution in [1.29, 1.82) is 0 Å². The van der Waals surface area contributed by atoms with Crippen LogP contribution in [0.4, 0.5) is 0 Å². The molecule has 1 atom stereocenters. The van der Waals surface area contributed by atoms with Gasteiger partial charge in [-0.3, -0.25) is 14.2 Å². The smallest absolute Gasteiger partial charge is 0.271 e. The number of ether oxygens (including phenoxy) is 1. The third kappa shape index (κ3) is 3.54. The Kier molecular flexibility index (Phi) is 5.39. The molecule has 0 spiro atoms. The van der Waals surface area contributed by atoms with Crippen LogP contribution in [-0.2, 0) is 11.2 Å². The summed E-state index contributed by atoms with van der Waals surface area (Å²) in [6, 6.07) is 15.4. The van der Waals surface area contributed by atoms with Crippen LogP contribution in [-0.4, -0.2) is 17.5 Å². The van der Waals surface area contributed by atoms with Crippen LogP contribution in [0.2, 0.25) is 0 Å². The first-order valence-corrected chi connectivity index (χ1v) is 11.7. The normalized spacial score (nSPS) is 18.2. The number of ketones is 1. The van der Waals surface area contributed by atoms with Gasteiger partial charge in [-0.15, -0.1) is 0 Å². The van der Waals surface area contributed by atoms with E-state index in [1.54, 1.807) is 11.7 Å². The van der Waals surface area contributed by atoms with Crippen LogP contribution >= 0.6 is 11.3 Å². The largest absolute Gasteiger partial charge is 0.497 e. The van der Waals surface area contributed by atoms with Crippen molar-refractivity contribution in [3.8, 4) is 5.75 Å². The third-order valence-corrected chi connectivity index (χ3v) is 7.13. The van der Waals surface area contributed by atoms with Gasteiger partial charge in [0.15, 0.2) is 10.6 Å². The number of fused-ring (bicyclic) bond motifs is 1.